The van der Waals surface area contributed by atoms with E-state index < -0.39 is 0 Å². The third-order valence-corrected chi connectivity index (χ3v) is 5.91. The van der Waals surface area contributed by atoms with Crippen LogP contribution in [-0.4, -0.2) is 20.3 Å². The highest BCUT2D eigenvalue weighted by Crippen LogP contribution is 2.25. The predicted octanol–water partition coefficient (Wildman–Crippen LogP) is 3.73. The van der Waals surface area contributed by atoms with E-state index in [0.29, 0.717) is 16.8 Å². The Hall–Kier alpha value is -4.46. The largest absolute Gasteiger partial charge is 0.398 e. The summed E-state index contributed by atoms with van der Waals surface area (Å²) < 4.78 is 1.75. The Morgan fingerprint density at radius 2 is 1.91 bits per heavy atom. The fraction of sp³-hybridized carbons (Fsp3) is 0.185. The lowest BCUT2D eigenvalue weighted by atomic mass is 10.0. The molecule has 5 N–H and O–H groups in total. The van der Waals surface area contributed by atoms with Gasteiger partial charge in [-0.1, -0.05) is 43.3 Å². The highest BCUT2D eigenvalue weighted by atomic mass is 16.1. The van der Waals surface area contributed by atoms with Crippen molar-refractivity contribution in [3.05, 3.63) is 93.7 Å². The number of anilines is 2. The summed E-state index contributed by atoms with van der Waals surface area (Å²) in [5, 5.41) is 4.80. The number of carbonyl (C=O) groups is 1. The summed E-state index contributed by atoms with van der Waals surface area (Å²) in [5.74, 6) is 0.312. The van der Waals surface area contributed by atoms with Gasteiger partial charge in [0.05, 0.1) is 23.2 Å². The second-order valence-corrected chi connectivity index (χ2v) is 8.34. The van der Waals surface area contributed by atoms with Gasteiger partial charge < -0.3 is 16.8 Å². The van der Waals surface area contributed by atoms with E-state index in [-0.39, 0.29) is 29.4 Å². The van der Waals surface area contributed by atoms with Crippen LogP contribution in [0.5, 0.6) is 0 Å². The minimum Gasteiger partial charge on any atom is -0.398 e. The molecule has 0 aliphatic heterocycles. The molecule has 0 fully saturated rings. The number of aromatic nitrogens is 3. The Labute approximate surface area is 203 Å². The van der Waals surface area contributed by atoms with Crippen LogP contribution in [-0.2, 0) is 17.8 Å². The molecule has 2 heterocycles. The number of para-hydroxylation sites is 1. The van der Waals surface area contributed by atoms with Gasteiger partial charge in [0, 0.05) is 17.5 Å². The highest BCUT2D eigenvalue weighted by Gasteiger charge is 2.17. The second-order valence-electron chi connectivity index (χ2n) is 8.34. The van der Waals surface area contributed by atoms with Crippen molar-refractivity contribution in [1.82, 2.24) is 14.5 Å². The summed E-state index contributed by atoms with van der Waals surface area (Å²) in [6.45, 7) is 5.67. The van der Waals surface area contributed by atoms with E-state index in [1.807, 2.05) is 55.5 Å². The van der Waals surface area contributed by atoms with Crippen molar-refractivity contribution in [1.29, 1.82) is 0 Å². The number of nitrogens with one attached hydrogen (secondary N) is 1. The highest BCUT2D eigenvalue weighted by molar-refractivity contribution is 5.97. The number of carbonyl (C=O) groups excluding carboxylic acids is 1. The average molecular weight is 469 g/mol. The van der Waals surface area contributed by atoms with Crippen molar-refractivity contribution in [3.63, 3.8) is 0 Å². The first-order chi connectivity index (χ1) is 16.8. The van der Waals surface area contributed by atoms with Crippen LogP contribution in [0.3, 0.4) is 0 Å². The summed E-state index contributed by atoms with van der Waals surface area (Å²) in [7, 11) is 0. The standard InChI is InChI=1S/C27H28N6O2/c1-4-18-9-5-6-11-22(18)33-20(13-19-10-7-8-16(2)23(19)27(33)35)14-30-26-24(21(28)12-17(3)34)25(29)31-15-32-26/h5-13,15H,4,14,28H2,1-3H3,(H3,29,30,31,32). The van der Waals surface area contributed by atoms with Gasteiger partial charge in [0.15, 0.2) is 5.78 Å². The minimum absolute atomic E-state index is 0.0864. The van der Waals surface area contributed by atoms with Crippen molar-refractivity contribution in [2.75, 3.05) is 11.1 Å². The third kappa shape index (κ3) is 4.63. The number of hydrogen-bond acceptors (Lipinski definition) is 7. The molecule has 8 heteroatoms. The number of benzene rings is 2. The first-order valence-corrected chi connectivity index (χ1v) is 11.4. The zero-order valence-corrected chi connectivity index (χ0v) is 20.0. The van der Waals surface area contributed by atoms with Crippen LogP contribution in [0, 0.1) is 6.92 Å². The number of nitrogen functional groups attached to an aromatic ring is 1. The first kappa shape index (κ1) is 23.7. The molecule has 2 aromatic heterocycles. The summed E-state index contributed by atoms with van der Waals surface area (Å²) >= 11 is 0. The molecule has 178 valence electrons. The number of ketones is 1. The number of fused-ring (bicyclic) bond motifs is 1. The van der Waals surface area contributed by atoms with Gasteiger partial charge in [0.2, 0.25) is 0 Å². The van der Waals surface area contributed by atoms with Crippen LogP contribution in [0.15, 0.2) is 65.7 Å². The van der Waals surface area contributed by atoms with E-state index in [2.05, 4.69) is 22.2 Å². The van der Waals surface area contributed by atoms with E-state index in [9.17, 15) is 9.59 Å². The number of rotatable bonds is 7. The zero-order valence-electron chi connectivity index (χ0n) is 20.0. The Balaban J connectivity index is 1.88. The summed E-state index contributed by atoms with van der Waals surface area (Å²) in [4.78, 5) is 33.7. The molecule has 35 heavy (non-hydrogen) atoms. The molecule has 0 radical (unpaired) electrons. The molecule has 0 bridgehead atoms. The number of nitrogens with zero attached hydrogens (tertiary/aromatic N) is 3. The van der Waals surface area contributed by atoms with Gasteiger partial charge in [-0.15, -0.1) is 0 Å². The van der Waals surface area contributed by atoms with Gasteiger partial charge in [0.1, 0.15) is 18.0 Å². The van der Waals surface area contributed by atoms with Crippen LogP contribution in [0.25, 0.3) is 22.2 Å². The van der Waals surface area contributed by atoms with E-state index in [1.54, 1.807) is 4.57 Å². The molecule has 0 unspecified atom stereocenters. The maximum atomic E-state index is 13.8. The summed E-state index contributed by atoms with van der Waals surface area (Å²) in [6, 6.07) is 15.7. The molecule has 0 aliphatic rings. The number of pyridine rings is 1. The lowest BCUT2D eigenvalue weighted by molar-refractivity contribution is -0.112. The van der Waals surface area contributed by atoms with Crippen LogP contribution in [0.2, 0.25) is 0 Å². The molecular formula is C27H28N6O2. The maximum Gasteiger partial charge on any atom is 0.263 e. The number of allylic oxidation sites excluding steroid dienone is 1. The molecule has 8 nitrogen and oxygen atoms in total. The molecule has 4 aromatic rings. The van der Waals surface area contributed by atoms with Crippen LogP contribution >= 0.6 is 0 Å². The number of hydrogen-bond donors (Lipinski definition) is 3. The van der Waals surface area contributed by atoms with E-state index in [4.69, 9.17) is 11.5 Å². The first-order valence-electron chi connectivity index (χ1n) is 11.4. The van der Waals surface area contributed by atoms with Crippen molar-refractivity contribution in [2.24, 2.45) is 5.73 Å². The van der Waals surface area contributed by atoms with Gasteiger partial charge in [0.25, 0.3) is 5.56 Å². The Morgan fingerprint density at radius 3 is 2.66 bits per heavy atom. The monoisotopic (exact) mass is 468 g/mol. The number of aryl methyl sites for hydroxylation is 2. The quantitative estimate of drug-likeness (QED) is 0.352. The van der Waals surface area contributed by atoms with Crippen molar-refractivity contribution in [3.8, 4) is 5.69 Å². The molecule has 0 saturated carbocycles. The van der Waals surface area contributed by atoms with Gasteiger partial charge in [-0.25, -0.2) is 9.97 Å². The Kier molecular flexibility index (Phi) is 6.64. The van der Waals surface area contributed by atoms with Crippen LogP contribution < -0.4 is 22.3 Å². The van der Waals surface area contributed by atoms with Gasteiger partial charge in [-0.3, -0.25) is 14.2 Å². The lowest BCUT2D eigenvalue weighted by Gasteiger charge is -2.19. The third-order valence-electron chi connectivity index (χ3n) is 5.91. The van der Waals surface area contributed by atoms with Crippen LogP contribution in [0.4, 0.5) is 11.6 Å². The molecule has 4 rings (SSSR count). The van der Waals surface area contributed by atoms with Gasteiger partial charge >= 0.3 is 0 Å². The van der Waals surface area contributed by atoms with Crippen molar-refractivity contribution in [2.45, 2.75) is 33.7 Å². The van der Waals surface area contributed by atoms with Crippen molar-refractivity contribution < 1.29 is 4.79 Å². The second kappa shape index (κ2) is 9.80. The molecule has 0 saturated heterocycles. The average Bonchev–Trinajstić information content (AvgIpc) is 2.82. The topological polar surface area (TPSA) is 129 Å². The molecule has 0 aliphatic carbocycles. The van der Waals surface area contributed by atoms with E-state index >= 15 is 0 Å². The summed E-state index contributed by atoms with van der Waals surface area (Å²) in [5.41, 5.74) is 16.2. The summed E-state index contributed by atoms with van der Waals surface area (Å²) in [6.07, 6.45) is 3.39. The zero-order chi connectivity index (χ0) is 25.1. The Bertz CT molecular complexity index is 1520. The molecule has 0 amide bonds. The van der Waals surface area contributed by atoms with Gasteiger partial charge in [-0.2, -0.15) is 0 Å². The van der Waals surface area contributed by atoms with Crippen molar-refractivity contribution >= 4 is 33.9 Å². The molecule has 0 spiro atoms. The molecule has 2 aromatic carbocycles. The van der Waals surface area contributed by atoms with Crippen LogP contribution in [0.1, 0.15) is 36.2 Å². The fourth-order valence-corrected chi connectivity index (χ4v) is 4.29. The number of nitrogens with two attached hydrogens (primary N) is 2. The van der Waals surface area contributed by atoms with E-state index in [1.165, 1.54) is 19.3 Å². The lowest BCUT2D eigenvalue weighted by Crippen LogP contribution is -2.25. The van der Waals surface area contributed by atoms with Gasteiger partial charge in [-0.05, 0) is 48.9 Å². The maximum absolute atomic E-state index is 13.8. The fourth-order valence-electron chi connectivity index (χ4n) is 4.29. The minimum atomic E-state index is -0.216. The SMILES string of the molecule is CCc1ccccc1-n1c(CNc2ncnc(N)c2C(N)=CC(C)=O)cc2cccc(C)c2c1=O. The van der Waals surface area contributed by atoms with E-state index in [0.717, 1.165) is 34.3 Å². The Morgan fingerprint density at radius 1 is 1.14 bits per heavy atom. The predicted molar refractivity (Wildman–Crippen MR) is 140 cm³/mol. The molecule has 0 atom stereocenters. The smallest absolute Gasteiger partial charge is 0.263 e. The normalized spacial score (nSPS) is 11.6. The molecular weight excluding hydrogens is 440 g/mol.